The summed E-state index contributed by atoms with van der Waals surface area (Å²) >= 11 is 0. The number of hydrogen-bond donors (Lipinski definition) is 2. The lowest BCUT2D eigenvalue weighted by molar-refractivity contribution is 0.0947. The zero-order valence-corrected chi connectivity index (χ0v) is 11.2. The Morgan fingerprint density at radius 3 is 2.83 bits per heavy atom. The molecule has 0 aromatic carbocycles. The van der Waals surface area contributed by atoms with Crippen molar-refractivity contribution >= 4 is 11.7 Å². The van der Waals surface area contributed by atoms with Crippen molar-refractivity contribution in [1.82, 2.24) is 20.2 Å². The Morgan fingerprint density at radius 2 is 2.17 bits per heavy atom. The van der Waals surface area contributed by atoms with Gasteiger partial charge in [-0.3, -0.25) is 9.78 Å². The summed E-state index contributed by atoms with van der Waals surface area (Å²) in [4.78, 5) is 22.0. The lowest BCUT2D eigenvalue weighted by Crippen LogP contribution is -2.28. The van der Waals surface area contributed by atoms with Crippen LogP contribution in [-0.4, -0.2) is 54.5 Å². The lowest BCUT2D eigenvalue weighted by Gasteiger charge is -2.10. The van der Waals surface area contributed by atoms with Crippen molar-refractivity contribution in [2.75, 3.05) is 39.0 Å². The van der Waals surface area contributed by atoms with E-state index in [1.54, 1.807) is 6.20 Å². The normalized spacial score (nSPS) is 10.4. The summed E-state index contributed by atoms with van der Waals surface area (Å²) in [7, 11) is 4.01. The van der Waals surface area contributed by atoms with E-state index in [9.17, 15) is 4.79 Å². The number of carbonyl (C=O) groups excluding carboxylic acids is 1. The topological polar surface area (TPSA) is 70.2 Å². The van der Waals surface area contributed by atoms with Gasteiger partial charge < -0.3 is 15.5 Å². The highest BCUT2D eigenvalue weighted by Crippen LogP contribution is 2.01. The van der Waals surface area contributed by atoms with Crippen LogP contribution in [0.3, 0.4) is 0 Å². The van der Waals surface area contributed by atoms with Crippen molar-refractivity contribution in [3.05, 3.63) is 18.1 Å². The summed E-state index contributed by atoms with van der Waals surface area (Å²) in [5.41, 5.74) is 0.346. The molecule has 1 aromatic rings. The molecule has 0 aliphatic rings. The monoisotopic (exact) mass is 251 g/mol. The molecule has 1 aromatic heterocycles. The van der Waals surface area contributed by atoms with Gasteiger partial charge in [0.1, 0.15) is 11.5 Å². The molecule has 0 unspecified atom stereocenters. The maximum atomic E-state index is 11.8. The van der Waals surface area contributed by atoms with Gasteiger partial charge in [0.15, 0.2) is 0 Å². The molecule has 1 heterocycles. The van der Waals surface area contributed by atoms with E-state index < -0.39 is 0 Å². The van der Waals surface area contributed by atoms with Crippen LogP contribution in [0, 0.1) is 0 Å². The summed E-state index contributed by atoms with van der Waals surface area (Å²) in [6.45, 7) is 4.31. The van der Waals surface area contributed by atoms with E-state index in [4.69, 9.17) is 0 Å². The highest BCUT2D eigenvalue weighted by atomic mass is 16.1. The molecule has 0 atom stereocenters. The number of nitrogens with one attached hydrogen (secondary N) is 2. The largest absolute Gasteiger partial charge is 0.369 e. The first-order valence-electron chi connectivity index (χ1n) is 6.12. The number of anilines is 1. The van der Waals surface area contributed by atoms with Crippen LogP contribution in [0.2, 0.25) is 0 Å². The minimum absolute atomic E-state index is 0.180. The van der Waals surface area contributed by atoms with Crippen LogP contribution in [0.4, 0.5) is 5.82 Å². The van der Waals surface area contributed by atoms with E-state index in [0.29, 0.717) is 18.1 Å². The van der Waals surface area contributed by atoms with E-state index in [2.05, 4.69) is 25.5 Å². The minimum Gasteiger partial charge on any atom is -0.369 e. The van der Waals surface area contributed by atoms with Gasteiger partial charge in [0, 0.05) is 13.1 Å². The molecule has 0 bridgehead atoms. The first-order valence-corrected chi connectivity index (χ1v) is 6.12. The fourth-order valence-electron chi connectivity index (χ4n) is 1.43. The first kappa shape index (κ1) is 14.4. The van der Waals surface area contributed by atoms with Gasteiger partial charge in [0.25, 0.3) is 5.91 Å². The smallest absolute Gasteiger partial charge is 0.271 e. The fraction of sp³-hybridized carbons (Fsp3) is 0.583. The van der Waals surface area contributed by atoms with Crippen LogP contribution < -0.4 is 10.6 Å². The molecule has 0 aliphatic heterocycles. The zero-order chi connectivity index (χ0) is 13.4. The van der Waals surface area contributed by atoms with Gasteiger partial charge in [-0.05, 0) is 34.0 Å². The second-order valence-corrected chi connectivity index (χ2v) is 4.23. The molecule has 1 amide bonds. The highest BCUT2D eigenvalue weighted by molar-refractivity contribution is 5.92. The Labute approximate surface area is 108 Å². The van der Waals surface area contributed by atoms with Crippen molar-refractivity contribution in [2.24, 2.45) is 0 Å². The number of carbonyl (C=O) groups is 1. The number of amides is 1. The van der Waals surface area contributed by atoms with E-state index in [1.807, 2.05) is 21.0 Å². The van der Waals surface area contributed by atoms with E-state index in [0.717, 1.165) is 19.5 Å². The van der Waals surface area contributed by atoms with Crippen LogP contribution in [0.5, 0.6) is 0 Å². The molecule has 6 nitrogen and oxygen atoms in total. The number of hydrogen-bond acceptors (Lipinski definition) is 5. The molecule has 18 heavy (non-hydrogen) atoms. The quantitative estimate of drug-likeness (QED) is 0.694. The summed E-state index contributed by atoms with van der Waals surface area (Å²) in [5.74, 6) is 0.444. The maximum Gasteiger partial charge on any atom is 0.271 e. The molecular formula is C12H21N5O. The van der Waals surface area contributed by atoms with Crippen LogP contribution in [0.15, 0.2) is 12.4 Å². The average Bonchev–Trinajstić information content (AvgIpc) is 2.35. The second kappa shape index (κ2) is 7.60. The Morgan fingerprint density at radius 1 is 1.39 bits per heavy atom. The van der Waals surface area contributed by atoms with Crippen molar-refractivity contribution in [2.45, 2.75) is 13.3 Å². The summed E-state index contributed by atoms with van der Waals surface area (Å²) in [6, 6.07) is 0. The van der Waals surface area contributed by atoms with Crippen molar-refractivity contribution in [1.29, 1.82) is 0 Å². The molecule has 6 heteroatoms. The molecule has 100 valence electrons. The second-order valence-electron chi connectivity index (χ2n) is 4.23. The van der Waals surface area contributed by atoms with E-state index >= 15 is 0 Å². The van der Waals surface area contributed by atoms with E-state index in [1.165, 1.54) is 6.20 Å². The predicted octanol–water partition coefficient (Wildman–Crippen LogP) is 0.590. The van der Waals surface area contributed by atoms with Gasteiger partial charge in [-0.15, -0.1) is 0 Å². The third kappa shape index (κ3) is 5.09. The van der Waals surface area contributed by atoms with Crippen molar-refractivity contribution in [3.8, 4) is 0 Å². The summed E-state index contributed by atoms with van der Waals surface area (Å²) in [6.07, 6.45) is 3.99. The Bertz CT molecular complexity index is 380. The number of rotatable bonds is 7. The molecule has 2 N–H and O–H groups in total. The molecule has 0 fully saturated rings. The summed E-state index contributed by atoms with van der Waals surface area (Å²) in [5, 5.41) is 5.85. The molecule has 1 rings (SSSR count). The Hall–Kier alpha value is -1.69. The predicted molar refractivity (Wildman–Crippen MR) is 71.7 cm³/mol. The van der Waals surface area contributed by atoms with Crippen molar-refractivity contribution in [3.63, 3.8) is 0 Å². The number of nitrogens with zero attached hydrogens (tertiary/aromatic N) is 3. The van der Waals surface area contributed by atoms with Gasteiger partial charge in [-0.1, -0.05) is 0 Å². The van der Waals surface area contributed by atoms with Crippen LogP contribution in [0.25, 0.3) is 0 Å². The first-order chi connectivity index (χ1) is 8.63. The number of aromatic nitrogens is 2. The molecular weight excluding hydrogens is 230 g/mol. The molecule has 0 saturated carbocycles. The van der Waals surface area contributed by atoms with Crippen LogP contribution >= 0.6 is 0 Å². The highest BCUT2D eigenvalue weighted by Gasteiger charge is 2.07. The fourth-order valence-corrected chi connectivity index (χ4v) is 1.43. The molecule has 0 radical (unpaired) electrons. The van der Waals surface area contributed by atoms with Crippen molar-refractivity contribution < 1.29 is 4.79 Å². The maximum absolute atomic E-state index is 11.8. The van der Waals surface area contributed by atoms with E-state index in [-0.39, 0.29) is 5.91 Å². The van der Waals surface area contributed by atoms with Gasteiger partial charge in [0.2, 0.25) is 0 Å². The Kier molecular flexibility index (Phi) is 6.07. The standard InChI is InChI=1S/C12H21N5O/c1-4-14-11-9-13-8-10(16-11)12(18)15-6-5-7-17(2)3/h8-9H,4-7H2,1-3H3,(H,14,16)(H,15,18). The van der Waals surface area contributed by atoms with Gasteiger partial charge in [-0.2, -0.15) is 0 Å². The molecule has 0 spiro atoms. The SMILES string of the molecule is CCNc1cncc(C(=O)NCCCN(C)C)n1. The van der Waals surface area contributed by atoms with Gasteiger partial charge in [-0.25, -0.2) is 4.98 Å². The average molecular weight is 251 g/mol. The molecule has 0 aliphatic carbocycles. The van der Waals surface area contributed by atoms with Gasteiger partial charge in [0.05, 0.1) is 12.4 Å². The van der Waals surface area contributed by atoms with Crippen LogP contribution in [0.1, 0.15) is 23.8 Å². The summed E-state index contributed by atoms with van der Waals surface area (Å²) < 4.78 is 0. The Balaban J connectivity index is 2.43. The lowest BCUT2D eigenvalue weighted by atomic mass is 10.3. The minimum atomic E-state index is -0.180. The zero-order valence-electron chi connectivity index (χ0n) is 11.2. The van der Waals surface area contributed by atoms with Crippen LogP contribution in [-0.2, 0) is 0 Å². The van der Waals surface area contributed by atoms with Gasteiger partial charge >= 0.3 is 0 Å². The third-order valence-corrected chi connectivity index (χ3v) is 2.29. The third-order valence-electron chi connectivity index (χ3n) is 2.29. The molecule has 0 saturated heterocycles.